The highest BCUT2D eigenvalue weighted by Crippen LogP contribution is 2.11. The summed E-state index contributed by atoms with van der Waals surface area (Å²) in [4.78, 5) is 11.6. The van der Waals surface area contributed by atoms with Crippen LogP contribution in [-0.4, -0.2) is 33.0 Å². The highest BCUT2D eigenvalue weighted by atomic mass is 19.1. The molecule has 0 saturated heterocycles. The van der Waals surface area contributed by atoms with Gasteiger partial charge in [0.15, 0.2) is 6.29 Å². The fourth-order valence-electron chi connectivity index (χ4n) is 1.25. The molecule has 0 saturated carbocycles. The average Bonchev–Trinajstić information content (AvgIpc) is 2.30. The molecule has 0 unspecified atom stereocenters. The van der Waals surface area contributed by atoms with Gasteiger partial charge in [-0.3, -0.25) is 4.79 Å². The molecule has 6 heteroatoms. The first-order valence-electron chi connectivity index (χ1n) is 4.97. The largest absolute Gasteiger partial charge is 0.399 e. The van der Waals surface area contributed by atoms with E-state index < -0.39 is 18.0 Å². The molecular formula is C11H15FN2O3. The van der Waals surface area contributed by atoms with Crippen LogP contribution in [-0.2, 0) is 9.47 Å². The molecule has 94 valence electrons. The van der Waals surface area contributed by atoms with Gasteiger partial charge < -0.3 is 20.5 Å². The van der Waals surface area contributed by atoms with Gasteiger partial charge >= 0.3 is 0 Å². The number of nitrogens with one attached hydrogen (secondary N) is 1. The van der Waals surface area contributed by atoms with Crippen LogP contribution in [0.15, 0.2) is 18.2 Å². The van der Waals surface area contributed by atoms with Crippen LogP contribution in [0.5, 0.6) is 0 Å². The van der Waals surface area contributed by atoms with Gasteiger partial charge in [0.1, 0.15) is 5.82 Å². The number of ether oxygens (including phenoxy) is 2. The van der Waals surface area contributed by atoms with Crippen LogP contribution in [0.4, 0.5) is 10.1 Å². The monoisotopic (exact) mass is 242 g/mol. The Morgan fingerprint density at radius 3 is 2.65 bits per heavy atom. The van der Waals surface area contributed by atoms with E-state index in [-0.39, 0.29) is 17.8 Å². The number of benzene rings is 1. The Kier molecular flexibility index (Phi) is 4.86. The number of rotatable bonds is 5. The third kappa shape index (κ3) is 3.69. The van der Waals surface area contributed by atoms with Crippen LogP contribution >= 0.6 is 0 Å². The maximum absolute atomic E-state index is 13.4. The Morgan fingerprint density at radius 1 is 1.47 bits per heavy atom. The lowest BCUT2D eigenvalue weighted by Gasteiger charge is -2.14. The van der Waals surface area contributed by atoms with Gasteiger partial charge in [0, 0.05) is 19.9 Å². The predicted molar refractivity (Wildman–Crippen MR) is 61.0 cm³/mol. The van der Waals surface area contributed by atoms with Gasteiger partial charge in [0.25, 0.3) is 5.91 Å². The van der Waals surface area contributed by atoms with Crippen molar-refractivity contribution in [2.75, 3.05) is 26.5 Å². The summed E-state index contributed by atoms with van der Waals surface area (Å²) in [6, 6.07) is 3.88. The zero-order chi connectivity index (χ0) is 12.8. The van der Waals surface area contributed by atoms with E-state index >= 15 is 0 Å². The van der Waals surface area contributed by atoms with Gasteiger partial charge in [-0.15, -0.1) is 0 Å². The molecule has 1 amide bonds. The summed E-state index contributed by atoms with van der Waals surface area (Å²) in [5.74, 6) is -1.20. The third-order valence-electron chi connectivity index (χ3n) is 2.19. The van der Waals surface area contributed by atoms with Crippen LogP contribution < -0.4 is 11.1 Å². The molecule has 0 aliphatic heterocycles. The third-order valence-corrected chi connectivity index (χ3v) is 2.19. The molecule has 0 heterocycles. The van der Waals surface area contributed by atoms with Crippen molar-refractivity contribution >= 4 is 11.6 Å². The fourth-order valence-corrected chi connectivity index (χ4v) is 1.25. The summed E-state index contributed by atoms with van der Waals surface area (Å²) < 4.78 is 23.2. The number of carbonyl (C=O) groups excluding carboxylic acids is 1. The van der Waals surface area contributed by atoms with E-state index in [4.69, 9.17) is 15.2 Å². The molecule has 1 aromatic carbocycles. The van der Waals surface area contributed by atoms with Crippen molar-refractivity contribution < 1.29 is 18.7 Å². The van der Waals surface area contributed by atoms with Crippen molar-refractivity contribution in [3.05, 3.63) is 29.6 Å². The standard InChI is InChI=1S/C11H15FN2O3/c1-16-10(17-2)6-14-11(15)8-4-3-7(13)5-9(8)12/h3-5,10H,6,13H2,1-2H3,(H,14,15). The van der Waals surface area contributed by atoms with E-state index in [2.05, 4.69) is 5.32 Å². The Balaban J connectivity index is 2.64. The van der Waals surface area contributed by atoms with E-state index in [0.717, 1.165) is 6.07 Å². The van der Waals surface area contributed by atoms with Crippen molar-refractivity contribution in [3.8, 4) is 0 Å². The first kappa shape index (κ1) is 13.4. The van der Waals surface area contributed by atoms with Gasteiger partial charge in [0.05, 0.1) is 12.1 Å². The molecule has 17 heavy (non-hydrogen) atoms. The molecule has 5 nitrogen and oxygen atoms in total. The Bertz CT molecular complexity index is 394. The first-order chi connectivity index (χ1) is 8.08. The minimum Gasteiger partial charge on any atom is -0.399 e. The number of anilines is 1. The van der Waals surface area contributed by atoms with Crippen LogP contribution in [0.2, 0.25) is 0 Å². The van der Waals surface area contributed by atoms with Crippen LogP contribution in [0.1, 0.15) is 10.4 Å². The number of amides is 1. The first-order valence-corrected chi connectivity index (χ1v) is 4.97. The summed E-state index contributed by atoms with van der Waals surface area (Å²) in [5, 5.41) is 2.49. The van der Waals surface area contributed by atoms with Crippen molar-refractivity contribution in [1.29, 1.82) is 0 Å². The van der Waals surface area contributed by atoms with E-state index in [1.807, 2.05) is 0 Å². The van der Waals surface area contributed by atoms with Gasteiger partial charge in [-0.25, -0.2) is 4.39 Å². The summed E-state index contributed by atoms with van der Waals surface area (Å²) in [6.45, 7) is 0.135. The van der Waals surface area contributed by atoms with Gasteiger partial charge in [0.2, 0.25) is 0 Å². The Morgan fingerprint density at radius 2 is 2.12 bits per heavy atom. The molecule has 0 aliphatic carbocycles. The average molecular weight is 242 g/mol. The van der Waals surface area contributed by atoms with Crippen molar-refractivity contribution in [2.45, 2.75) is 6.29 Å². The van der Waals surface area contributed by atoms with Crippen LogP contribution in [0.25, 0.3) is 0 Å². The van der Waals surface area contributed by atoms with Gasteiger partial charge in [-0.05, 0) is 18.2 Å². The van der Waals surface area contributed by atoms with E-state index in [1.54, 1.807) is 0 Å². The lowest BCUT2D eigenvalue weighted by molar-refractivity contribution is -0.0974. The number of nitrogen functional groups attached to an aromatic ring is 1. The topological polar surface area (TPSA) is 73.6 Å². The van der Waals surface area contributed by atoms with E-state index in [0.29, 0.717) is 0 Å². The number of nitrogens with two attached hydrogens (primary N) is 1. The van der Waals surface area contributed by atoms with Crippen LogP contribution in [0, 0.1) is 5.82 Å². The number of hydrogen-bond donors (Lipinski definition) is 2. The minimum absolute atomic E-state index is 0.0647. The van der Waals surface area contributed by atoms with Crippen molar-refractivity contribution in [2.24, 2.45) is 0 Å². The SMILES string of the molecule is COC(CNC(=O)c1ccc(N)cc1F)OC. The highest BCUT2D eigenvalue weighted by molar-refractivity contribution is 5.94. The normalized spacial score (nSPS) is 10.6. The highest BCUT2D eigenvalue weighted by Gasteiger charge is 2.13. The molecule has 1 aromatic rings. The number of methoxy groups -OCH3 is 2. The molecule has 0 aromatic heterocycles. The molecule has 0 atom stereocenters. The lowest BCUT2D eigenvalue weighted by Crippen LogP contribution is -2.34. The van der Waals surface area contributed by atoms with Crippen molar-refractivity contribution in [3.63, 3.8) is 0 Å². The number of carbonyl (C=O) groups is 1. The lowest BCUT2D eigenvalue weighted by atomic mass is 10.2. The second kappa shape index (κ2) is 6.17. The molecule has 0 radical (unpaired) electrons. The molecule has 0 spiro atoms. The molecule has 0 fully saturated rings. The van der Waals surface area contributed by atoms with E-state index in [9.17, 15) is 9.18 Å². The zero-order valence-electron chi connectivity index (χ0n) is 9.70. The smallest absolute Gasteiger partial charge is 0.254 e. The van der Waals surface area contributed by atoms with E-state index in [1.165, 1.54) is 26.4 Å². The number of hydrogen-bond acceptors (Lipinski definition) is 4. The molecule has 0 aliphatic rings. The summed E-state index contributed by atoms with van der Waals surface area (Å²) in [5.41, 5.74) is 5.59. The summed E-state index contributed by atoms with van der Waals surface area (Å²) in [6.07, 6.45) is -0.559. The fraction of sp³-hybridized carbons (Fsp3) is 0.364. The second-order valence-electron chi connectivity index (χ2n) is 3.35. The van der Waals surface area contributed by atoms with Crippen LogP contribution in [0.3, 0.4) is 0 Å². The zero-order valence-corrected chi connectivity index (χ0v) is 9.70. The molecule has 0 bridgehead atoms. The number of halogens is 1. The predicted octanol–water partition coefficient (Wildman–Crippen LogP) is 0.757. The van der Waals surface area contributed by atoms with Gasteiger partial charge in [-0.1, -0.05) is 0 Å². The Labute approximate surface area is 98.7 Å². The summed E-state index contributed by atoms with van der Waals surface area (Å²) >= 11 is 0. The van der Waals surface area contributed by atoms with Crippen molar-refractivity contribution in [1.82, 2.24) is 5.32 Å². The maximum atomic E-state index is 13.4. The molecule has 1 rings (SSSR count). The van der Waals surface area contributed by atoms with Gasteiger partial charge in [-0.2, -0.15) is 0 Å². The maximum Gasteiger partial charge on any atom is 0.254 e. The minimum atomic E-state index is -0.658. The molecular weight excluding hydrogens is 227 g/mol. The Hall–Kier alpha value is -1.66. The summed E-state index contributed by atoms with van der Waals surface area (Å²) in [7, 11) is 2.90. The molecule has 3 N–H and O–H groups in total. The quantitative estimate of drug-likeness (QED) is 0.590. The second-order valence-corrected chi connectivity index (χ2v) is 3.35.